The molecule has 3 heterocycles. The van der Waals surface area contributed by atoms with Gasteiger partial charge in [0.2, 0.25) is 0 Å². The normalized spacial score (nSPS) is 18.8. The Labute approximate surface area is 141 Å². The summed E-state index contributed by atoms with van der Waals surface area (Å²) in [5.41, 5.74) is 2.83. The first-order valence-corrected chi connectivity index (χ1v) is 8.30. The van der Waals surface area contributed by atoms with E-state index in [0.29, 0.717) is 5.92 Å². The Balaban J connectivity index is 1.84. The standard InChI is InChI=1S/C19H20N4O/c1-23-10-2-3-14(12-23)19-17-11-20-9-8-16(17)18(21-22-19)13-4-6-15(24)7-5-13/h4-9,11,14,24H,2-3,10,12H2,1H3. The van der Waals surface area contributed by atoms with Crippen LogP contribution in [0.1, 0.15) is 24.5 Å². The van der Waals surface area contributed by atoms with E-state index in [1.807, 2.05) is 24.4 Å². The van der Waals surface area contributed by atoms with Gasteiger partial charge in [-0.05, 0) is 56.8 Å². The molecule has 1 N–H and O–H groups in total. The van der Waals surface area contributed by atoms with Crippen LogP contribution in [0.2, 0.25) is 0 Å². The lowest BCUT2D eigenvalue weighted by Crippen LogP contribution is -2.31. The number of aromatic nitrogens is 3. The molecule has 0 saturated carbocycles. The maximum Gasteiger partial charge on any atom is 0.115 e. The number of fused-ring (bicyclic) bond motifs is 1. The number of nitrogens with zero attached hydrogens (tertiary/aromatic N) is 4. The number of hydrogen-bond acceptors (Lipinski definition) is 5. The Kier molecular flexibility index (Phi) is 3.86. The predicted octanol–water partition coefficient (Wildman–Crippen LogP) is 3.21. The molecule has 0 aliphatic carbocycles. The summed E-state index contributed by atoms with van der Waals surface area (Å²) in [6, 6.07) is 9.09. The van der Waals surface area contributed by atoms with Crippen molar-refractivity contribution in [2.45, 2.75) is 18.8 Å². The first-order chi connectivity index (χ1) is 11.7. The number of pyridine rings is 1. The SMILES string of the molecule is CN1CCCC(c2nnc(-c3ccc(O)cc3)c3ccncc23)C1. The lowest BCUT2D eigenvalue weighted by atomic mass is 9.92. The number of piperidine rings is 1. The van der Waals surface area contributed by atoms with E-state index in [1.165, 1.54) is 6.42 Å². The molecule has 2 aromatic heterocycles. The summed E-state index contributed by atoms with van der Waals surface area (Å²) in [5, 5.41) is 20.8. The minimum absolute atomic E-state index is 0.250. The molecule has 122 valence electrons. The minimum atomic E-state index is 0.250. The molecule has 4 rings (SSSR count). The number of rotatable bonds is 2. The lowest BCUT2D eigenvalue weighted by molar-refractivity contribution is 0.248. The highest BCUT2D eigenvalue weighted by atomic mass is 16.3. The van der Waals surface area contributed by atoms with Gasteiger partial charge < -0.3 is 10.0 Å². The first kappa shape index (κ1) is 15.0. The fourth-order valence-corrected chi connectivity index (χ4v) is 3.54. The molecule has 1 saturated heterocycles. The molecule has 1 aliphatic rings. The highest BCUT2D eigenvalue weighted by molar-refractivity contribution is 5.95. The number of aromatic hydroxyl groups is 1. The van der Waals surface area contributed by atoms with E-state index in [1.54, 1.807) is 18.3 Å². The molecule has 1 atom stereocenters. The Hall–Kier alpha value is -2.53. The molecule has 5 heteroatoms. The number of phenols is 1. The fourth-order valence-electron chi connectivity index (χ4n) is 3.54. The van der Waals surface area contributed by atoms with Crippen LogP contribution in [0.4, 0.5) is 0 Å². The summed E-state index contributed by atoms with van der Waals surface area (Å²) >= 11 is 0. The zero-order valence-corrected chi connectivity index (χ0v) is 13.7. The number of phenolic OH excluding ortho intramolecular Hbond substituents is 1. The largest absolute Gasteiger partial charge is 0.508 e. The van der Waals surface area contributed by atoms with Crippen molar-refractivity contribution in [3.63, 3.8) is 0 Å². The van der Waals surface area contributed by atoms with Crippen molar-refractivity contribution in [2.24, 2.45) is 0 Å². The zero-order chi connectivity index (χ0) is 16.5. The van der Waals surface area contributed by atoms with Crippen LogP contribution in [0, 0.1) is 0 Å². The van der Waals surface area contributed by atoms with Crippen molar-refractivity contribution < 1.29 is 5.11 Å². The number of likely N-dealkylation sites (N-methyl/N-ethyl adjacent to an activating group) is 1. The Bertz CT molecular complexity index is 863. The van der Waals surface area contributed by atoms with Crippen LogP contribution in [0.15, 0.2) is 42.7 Å². The average molecular weight is 320 g/mol. The maximum atomic E-state index is 9.51. The van der Waals surface area contributed by atoms with Crippen molar-refractivity contribution in [3.05, 3.63) is 48.4 Å². The Morgan fingerprint density at radius 3 is 2.71 bits per heavy atom. The van der Waals surface area contributed by atoms with Gasteiger partial charge in [0, 0.05) is 41.2 Å². The summed E-state index contributed by atoms with van der Waals surface area (Å²) < 4.78 is 0. The van der Waals surface area contributed by atoms with Crippen LogP contribution in [-0.4, -0.2) is 45.3 Å². The van der Waals surface area contributed by atoms with Crippen LogP contribution in [-0.2, 0) is 0 Å². The predicted molar refractivity (Wildman–Crippen MR) is 93.9 cm³/mol. The molecule has 5 nitrogen and oxygen atoms in total. The van der Waals surface area contributed by atoms with E-state index >= 15 is 0 Å². The molecule has 1 aliphatic heterocycles. The van der Waals surface area contributed by atoms with Gasteiger partial charge >= 0.3 is 0 Å². The van der Waals surface area contributed by atoms with Crippen molar-refractivity contribution >= 4 is 10.8 Å². The molecular weight excluding hydrogens is 300 g/mol. The Morgan fingerprint density at radius 1 is 1.08 bits per heavy atom. The van der Waals surface area contributed by atoms with Gasteiger partial charge in [-0.2, -0.15) is 5.10 Å². The highest BCUT2D eigenvalue weighted by Crippen LogP contribution is 2.33. The van der Waals surface area contributed by atoms with E-state index in [2.05, 4.69) is 27.1 Å². The molecular formula is C19H20N4O. The third-order valence-corrected chi connectivity index (χ3v) is 4.76. The van der Waals surface area contributed by atoms with Crippen LogP contribution in [0.5, 0.6) is 5.75 Å². The van der Waals surface area contributed by atoms with Crippen molar-refractivity contribution in [2.75, 3.05) is 20.1 Å². The summed E-state index contributed by atoms with van der Waals surface area (Å²) in [7, 11) is 2.16. The molecule has 0 bridgehead atoms. The monoisotopic (exact) mass is 320 g/mol. The van der Waals surface area contributed by atoms with E-state index in [-0.39, 0.29) is 5.75 Å². The molecule has 24 heavy (non-hydrogen) atoms. The minimum Gasteiger partial charge on any atom is -0.508 e. The summed E-state index contributed by atoms with van der Waals surface area (Å²) in [5.74, 6) is 0.649. The first-order valence-electron chi connectivity index (χ1n) is 8.30. The second-order valence-corrected chi connectivity index (χ2v) is 6.50. The van der Waals surface area contributed by atoms with Crippen LogP contribution >= 0.6 is 0 Å². The average Bonchev–Trinajstić information content (AvgIpc) is 2.62. The van der Waals surface area contributed by atoms with E-state index in [0.717, 1.165) is 47.2 Å². The fraction of sp³-hybridized carbons (Fsp3) is 0.316. The molecule has 1 aromatic carbocycles. The molecule has 0 radical (unpaired) electrons. The zero-order valence-electron chi connectivity index (χ0n) is 13.7. The van der Waals surface area contributed by atoms with Gasteiger partial charge in [0.1, 0.15) is 11.4 Å². The maximum absolute atomic E-state index is 9.51. The second kappa shape index (κ2) is 6.17. The molecule has 1 unspecified atom stereocenters. The van der Waals surface area contributed by atoms with E-state index in [4.69, 9.17) is 0 Å². The van der Waals surface area contributed by atoms with Gasteiger partial charge in [-0.25, -0.2) is 0 Å². The van der Waals surface area contributed by atoms with Gasteiger partial charge in [0.25, 0.3) is 0 Å². The quantitative estimate of drug-likeness (QED) is 0.785. The molecule has 3 aromatic rings. The third-order valence-electron chi connectivity index (χ3n) is 4.76. The van der Waals surface area contributed by atoms with Gasteiger partial charge in [-0.15, -0.1) is 5.10 Å². The second-order valence-electron chi connectivity index (χ2n) is 6.50. The van der Waals surface area contributed by atoms with Crippen molar-refractivity contribution in [1.29, 1.82) is 0 Å². The van der Waals surface area contributed by atoms with E-state index in [9.17, 15) is 5.11 Å². The number of hydrogen-bond donors (Lipinski definition) is 1. The van der Waals surface area contributed by atoms with Gasteiger partial charge in [-0.1, -0.05) is 0 Å². The van der Waals surface area contributed by atoms with Crippen LogP contribution < -0.4 is 0 Å². The van der Waals surface area contributed by atoms with Crippen LogP contribution in [0.3, 0.4) is 0 Å². The van der Waals surface area contributed by atoms with Crippen molar-refractivity contribution in [1.82, 2.24) is 20.1 Å². The Morgan fingerprint density at radius 2 is 1.92 bits per heavy atom. The smallest absolute Gasteiger partial charge is 0.115 e. The van der Waals surface area contributed by atoms with Gasteiger partial charge in [0.05, 0.1) is 5.69 Å². The van der Waals surface area contributed by atoms with Gasteiger partial charge in [0.15, 0.2) is 0 Å². The number of likely N-dealkylation sites (tertiary alicyclic amines) is 1. The molecule has 1 fully saturated rings. The highest BCUT2D eigenvalue weighted by Gasteiger charge is 2.23. The molecule has 0 spiro atoms. The molecule has 0 amide bonds. The lowest BCUT2D eigenvalue weighted by Gasteiger charge is -2.29. The van der Waals surface area contributed by atoms with Crippen LogP contribution in [0.25, 0.3) is 22.0 Å². The summed E-state index contributed by atoms with van der Waals surface area (Å²) in [6.45, 7) is 2.16. The van der Waals surface area contributed by atoms with E-state index < -0.39 is 0 Å². The summed E-state index contributed by atoms with van der Waals surface area (Å²) in [6.07, 6.45) is 6.02. The van der Waals surface area contributed by atoms with Gasteiger partial charge in [-0.3, -0.25) is 4.98 Å². The third kappa shape index (κ3) is 2.71. The van der Waals surface area contributed by atoms with Crippen molar-refractivity contribution in [3.8, 4) is 17.0 Å². The topological polar surface area (TPSA) is 62.1 Å². The number of benzene rings is 1. The summed E-state index contributed by atoms with van der Waals surface area (Å²) in [4.78, 5) is 6.67.